The maximum absolute atomic E-state index is 12.2. The maximum Gasteiger partial charge on any atom is 0.181 e. The van der Waals surface area contributed by atoms with Gasteiger partial charge in [-0.05, 0) is 44.5 Å². The summed E-state index contributed by atoms with van der Waals surface area (Å²) < 4.78 is 29.3. The van der Waals surface area contributed by atoms with E-state index in [1.165, 1.54) is 0 Å². The van der Waals surface area contributed by atoms with E-state index in [-0.39, 0.29) is 6.04 Å². The second kappa shape index (κ2) is 5.51. The first-order valence-electron chi connectivity index (χ1n) is 5.51. The summed E-state index contributed by atoms with van der Waals surface area (Å²) >= 11 is 0. The first kappa shape index (κ1) is 14.0. The molecule has 0 aromatic heterocycles. The number of benzene rings is 1. The lowest BCUT2D eigenvalue weighted by Gasteiger charge is -2.15. The minimum Gasteiger partial charge on any atom is -0.497 e. The van der Waals surface area contributed by atoms with Crippen molar-refractivity contribution >= 4 is 9.84 Å². The molecule has 1 aromatic carbocycles. The minimum atomic E-state index is -3.29. The maximum atomic E-state index is 12.2. The highest BCUT2D eigenvalue weighted by Gasteiger charge is 2.23. The van der Waals surface area contributed by atoms with Crippen LogP contribution in [0, 0.1) is 0 Å². The molecule has 0 bridgehead atoms. The molecule has 2 unspecified atom stereocenters. The lowest BCUT2D eigenvalue weighted by Crippen LogP contribution is -2.27. The number of ether oxygens (including phenoxy) is 1. The van der Waals surface area contributed by atoms with Crippen molar-refractivity contribution in [1.82, 2.24) is 0 Å². The fourth-order valence-electron chi connectivity index (χ4n) is 1.65. The van der Waals surface area contributed by atoms with Crippen LogP contribution in [0.15, 0.2) is 29.2 Å². The summed E-state index contributed by atoms with van der Waals surface area (Å²) in [4.78, 5) is 0.312. The predicted octanol–water partition coefficient (Wildman–Crippen LogP) is 1.59. The third kappa shape index (κ3) is 3.44. The van der Waals surface area contributed by atoms with Crippen molar-refractivity contribution in [3.63, 3.8) is 0 Å². The highest BCUT2D eigenvalue weighted by Crippen LogP contribution is 2.21. The first-order chi connectivity index (χ1) is 7.87. The molecule has 0 aliphatic rings. The standard InChI is InChI=1S/C12H19NO3S/c1-9(13)8-10(2)17(14,15)12-6-4-11(16-3)5-7-12/h4-7,9-10H,8,13H2,1-3H3. The van der Waals surface area contributed by atoms with Gasteiger partial charge in [0.05, 0.1) is 17.3 Å². The van der Waals surface area contributed by atoms with Gasteiger partial charge in [0.25, 0.3) is 0 Å². The molecule has 0 saturated carbocycles. The topological polar surface area (TPSA) is 69.4 Å². The van der Waals surface area contributed by atoms with Gasteiger partial charge in [-0.25, -0.2) is 8.42 Å². The van der Waals surface area contributed by atoms with E-state index < -0.39 is 15.1 Å². The average Bonchev–Trinajstić information content (AvgIpc) is 2.28. The molecule has 5 heteroatoms. The van der Waals surface area contributed by atoms with Crippen LogP contribution in [-0.2, 0) is 9.84 Å². The summed E-state index contributed by atoms with van der Waals surface area (Å²) in [6.07, 6.45) is 0.453. The third-order valence-electron chi connectivity index (χ3n) is 2.62. The summed E-state index contributed by atoms with van der Waals surface area (Å²) in [6.45, 7) is 3.49. The van der Waals surface area contributed by atoms with E-state index in [0.717, 1.165) is 0 Å². The highest BCUT2D eigenvalue weighted by atomic mass is 32.2. The van der Waals surface area contributed by atoms with Gasteiger partial charge in [-0.1, -0.05) is 0 Å². The largest absolute Gasteiger partial charge is 0.497 e. The summed E-state index contributed by atoms with van der Waals surface area (Å²) in [5.41, 5.74) is 5.63. The van der Waals surface area contributed by atoms with Crippen LogP contribution in [-0.4, -0.2) is 26.8 Å². The quantitative estimate of drug-likeness (QED) is 0.869. The van der Waals surface area contributed by atoms with E-state index in [4.69, 9.17) is 10.5 Å². The monoisotopic (exact) mass is 257 g/mol. The van der Waals surface area contributed by atoms with Crippen molar-refractivity contribution in [1.29, 1.82) is 0 Å². The van der Waals surface area contributed by atoms with E-state index >= 15 is 0 Å². The molecule has 0 amide bonds. The summed E-state index contributed by atoms with van der Waals surface area (Å²) in [6, 6.07) is 6.28. The first-order valence-corrected chi connectivity index (χ1v) is 7.06. The molecular formula is C12H19NO3S. The molecule has 0 saturated heterocycles. The lowest BCUT2D eigenvalue weighted by molar-refractivity contribution is 0.414. The van der Waals surface area contributed by atoms with Crippen LogP contribution >= 0.6 is 0 Å². The van der Waals surface area contributed by atoms with Gasteiger partial charge in [0, 0.05) is 6.04 Å². The second-order valence-corrected chi connectivity index (χ2v) is 6.61. The molecule has 0 aliphatic carbocycles. The van der Waals surface area contributed by atoms with Crippen LogP contribution in [0.25, 0.3) is 0 Å². The number of sulfone groups is 1. The minimum absolute atomic E-state index is 0.127. The fourth-order valence-corrected chi connectivity index (χ4v) is 3.18. The number of methoxy groups -OCH3 is 1. The molecule has 96 valence electrons. The average molecular weight is 257 g/mol. The van der Waals surface area contributed by atoms with Crippen molar-refractivity contribution in [3.05, 3.63) is 24.3 Å². The zero-order valence-corrected chi connectivity index (χ0v) is 11.2. The molecule has 2 N–H and O–H groups in total. The molecule has 2 atom stereocenters. The summed E-state index contributed by atoms with van der Waals surface area (Å²) in [5.74, 6) is 0.642. The van der Waals surface area contributed by atoms with Crippen LogP contribution in [0.4, 0.5) is 0 Å². The molecular weight excluding hydrogens is 238 g/mol. The van der Waals surface area contributed by atoms with Crippen molar-refractivity contribution in [2.75, 3.05) is 7.11 Å². The summed E-state index contributed by atoms with van der Waals surface area (Å²) in [5, 5.41) is -0.476. The molecule has 0 heterocycles. The van der Waals surface area contributed by atoms with E-state index in [9.17, 15) is 8.42 Å². The number of hydrogen-bond donors (Lipinski definition) is 1. The van der Waals surface area contributed by atoms with Gasteiger partial charge in [0.2, 0.25) is 0 Å². The zero-order valence-electron chi connectivity index (χ0n) is 10.4. The predicted molar refractivity (Wildman–Crippen MR) is 67.9 cm³/mol. The SMILES string of the molecule is COc1ccc(S(=O)(=O)C(C)CC(C)N)cc1. The Hall–Kier alpha value is -1.07. The van der Waals surface area contributed by atoms with Gasteiger partial charge in [-0.15, -0.1) is 0 Å². The van der Waals surface area contributed by atoms with E-state index in [0.29, 0.717) is 17.1 Å². The number of rotatable bonds is 5. The van der Waals surface area contributed by atoms with E-state index in [2.05, 4.69) is 0 Å². The molecule has 0 aliphatic heterocycles. The lowest BCUT2D eigenvalue weighted by atomic mass is 10.2. The Bertz CT molecular complexity index is 451. The Labute approximate surface area is 103 Å². The zero-order chi connectivity index (χ0) is 13.1. The Balaban J connectivity index is 2.96. The Morgan fingerprint density at radius 2 is 1.76 bits per heavy atom. The number of hydrogen-bond acceptors (Lipinski definition) is 4. The van der Waals surface area contributed by atoms with E-state index in [1.54, 1.807) is 45.2 Å². The van der Waals surface area contributed by atoms with Gasteiger partial charge in [-0.3, -0.25) is 0 Å². The van der Waals surface area contributed by atoms with Crippen LogP contribution in [0.1, 0.15) is 20.3 Å². The normalized spacial score (nSPS) is 15.3. The summed E-state index contributed by atoms with van der Waals surface area (Å²) in [7, 11) is -1.75. The molecule has 0 spiro atoms. The van der Waals surface area contributed by atoms with Crippen molar-refractivity contribution < 1.29 is 13.2 Å². The molecule has 1 aromatic rings. The smallest absolute Gasteiger partial charge is 0.181 e. The molecule has 1 rings (SSSR count). The molecule has 0 radical (unpaired) electrons. The Kier molecular flexibility index (Phi) is 4.54. The third-order valence-corrected chi connectivity index (χ3v) is 4.80. The van der Waals surface area contributed by atoms with Crippen molar-refractivity contribution in [2.45, 2.75) is 36.5 Å². The van der Waals surface area contributed by atoms with Gasteiger partial charge in [0.1, 0.15) is 5.75 Å². The molecule has 0 fully saturated rings. The molecule has 17 heavy (non-hydrogen) atoms. The Morgan fingerprint density at radius 1 is 1.24 bits per heavy atom. The van der Waals surface area contributed by atoms with Gasteiger partial charge >= 0.3 is 0 Å². The van der Waals surface area contributed by atoms with Crippen LogP contribution in [0.2, 0.25) is 0 Å². The van der Waals surface area contributed by atoms with Crippen LogP contribution < -0.4 is 10.5 Å². The Morgan fingerprint density at radius 3 is 2.18 bits per heavy atom. The fraction of sp³-hybridized carbons (Fsp3) is 0.500. The van der Waals surface area contributed by atoms with Crippen LogP contribution in [0.3, 0.4) is 0 Å². The molecule has 4 nitrogen and oxygen atoms in total. The number of nitrogens with two attached hydrogens (primary N) is 1. The highest BCUT2D eigenvalue weighted by molar-refractivity contribution is 7.92. The van der Waals surface area contributed by atoms with Crippen molar-refractivity contribution in [2.24, 2.45) is 5.73 Å². The van der Waals surface area contributed by atoms with Gasteiger partial charge in [-0.2, -0.15) is 0 Å². The van der Waals surface area contributed by atoms with Crippen molar-refractivity contribution in [3.8, 4) is 5.75 Å². The second-order valence-electron chi connectivity index (χ2n) is 4.24. The van der Waals surface area contributed by atoms with Crippen LogP contribution in [0.5, 0.6) is 5.75 Å². The van der Waals surface area contributed by atoms with E-state index in [1.807, 2.05) is 0 Å². The van der Waals surface area contributed by atoms with Gasteiger partial charge in [0.15, 0.2) is 9.84 Å². The van der Waals surface area contributed by atoms with Gasteiger partial charge < -0.3 is 10.5 Å².